The van der Waals surface area contributed by atoms with Gasteiger partial charge in [-0.2, -0.15) is 0 Å². The largest absolute Gasteiger partial charge is 0.465 e. The standard InChI is InChI=1S/C10H20O3/c1-4-10(3,5-2)9(12)13-8-6-7-11/h11H,4-8H2,1-3H3. The molecule has 0 amide bonds. The Labute approximate surface area is 80.1 Å². The maximum atomic E-state index is 11.5. The average Bonchev–Trinajstić information content (AvgIpc) is 2.17. The van der Waals surface area contributed by atoms with Gasteiger partial charge in [0.15, 0.2) is 0 Å². The van der Waals surface area contributed by atoms with Gasteiger partial charge >= 0.3 is 5.97 Å². The van der Waals surface area contributed by atoms with Crippen LogP contribution in [0.1, 0.15) is 40.0 Å². The Morgan fingerprint density at radius 1 is 1.38 bits per heavy atom. The van der Waals surface area contributed by atoms with Gasteiger partial charge in [0.25, 0.3) is 0 Å². The predicted molar refractivity (Wildman–Crippen MR) is 51.4 cm³/mol. The van der Waals surface area contributed by atoms with Gasteiger partial charge in [-0.15, -0.1) is 0 Å². The summed E-state index contributed by atoms with van der Waals surface area (Å²) in [5.41, 5.74) is -0.352. The van der Waals surface area contributed by atoms with Gasteiger partial charge in [0, 0.05) is 13.0 Å². The molecule has 0 aromatic heterocycles. The van der Waals surface area contributed by atoms with Crippen molar-refractivity contribution in [1.82, 2.24) is 0 Å². The van der Waals surface area contributed by atoms with Crippen LogP contribution in [0.15, 0.2) is 0 Å². The number of aliphatic hydroxyl groups is 1. The normalized spacial score (nSPS) is 11.4. The Morgan fingerprint density at radius 3 is 2.31 bits per heavy atom. The predicted octanol–water partition coefficient (Wildman–Crippen LogP) is 1.74. The number of ether oxygens (including phenoxy) is 1. The second-order valence-corrected chi connectivity index (χ2v) is 3.48. The summed E-state index contributed by atoms with van der Waals surface area (Å²) in [4.78, 5) is 11.5. The summed E-state index contributed by atoms with van der Waals surface area (Å²) < 4.78 is 5.03. The zero-order chi connectivity index (χ0) is 10.3. The molecule has 0 rings (SSSR count). The third-order valence-electron chi connectivity index (χ3n) is 2.59. The summed E-state index contributed by atoms with van der Waals surface area (Å²) in [6.45, 7) is 6.27. The Balaban J connectivity index is 3.92. The summed E-state index contributed by atoms with van der Waals surface area (Å²) in [5.74, 6) is -0.147. The van der Waals surface area contributed by atoms with Crippen LogP contribution >= 0.6 is 0 Å². The van der Waals surface area contributed by atoms with E-state index in [1.165, 1.54) is 0 Å². The molecule has 0 saturated carbocycles. The molecule has 0 spiro atoms. The number of hydrogen-bond donors (Lipinski definition) is 1. The molecule has 0 saturated heterocycles. The molecule has 0 heterocycles. The molecule has 0 unspecified atom stereocenters. The van der Waals surface area contributed by atoms with Crippen LogP contribution in [0.2, 0.25) is 0 Å². The minimum absolute atomic E-state index is 0.0717. The number of rotatable bonds is 6. The molecule has 0 aromatic rings. The molecule has 0 fully saturated rings. The fourth-order valence-corrected chi connectivity index (χ4v) is 0.942. The van der Waals surface area contributed by atoms with Crippen LogP contribution in [0.5, 0.6) is 0 Å². The maximum Gasteiger partial charge on any atom is 0.311 e. The molecule has 3 nitrogen and oxygen atoms in total. The molecule has 0 aromatic carbocycles. The second-order valence-electron chi connectivity index (χ2n) is 3.48. The van der Waals surface area contributed by atoms with Gasteiger partial charge in [0.1, 0.15) is 0 Å². The minimum Gasteiger partial charge on any atom is -0.465 e. The first kappa shape index (κ1) is 12.4. The van der Waals surface area contributed by atoms with E-state index in [9.17, 15) is 4.79 Å². The number of carbonyl (C=O) groups is 1. The Hall–Kier alpha value is -0.570. The van der Waals surface area contributed by atoms with Crippen LogP contribution in [0.25, 0.3) is 0 Å². The van der Waals surface area contributed by atoms with Crippen molar-refractivity contribution in [2.24, 2.45) is 5.41 Å². The monoisotopic (exact) mass is 188 g/mol. The molecular formula is C10H20O3. The van der Waals surface area contributed by atoms with E-state index in [4.69, 9.17) is 9.84 Å². The fourth-order valence-electron chi connectivity index (χ4n) is 0.942. The quantitative estimate of drug-likeness (QED) is 0.510. The van der Waals surface area contributed by atoms with E-state index < -0.39 is 0 Å². The lowest BCUT2D eigenvalue weighted by Crippen LogP contribution is -2.28. The third kappa shape index (κ3) is 3.77. The highest BCUT2D eigenvalue weighted by atomic mass is 16.5. The zero-order valence-electron chi connectivity index (χ0n) is 8.80. The first-order chi connectivity index (χ1) is 6.10. The Bertz CT molecular complexity index is 150. The van der Waals surface area contributed by atoms with Crippen molar-refractivity contribution in [1.29, 1.82) is 0 Å². The van der Waals surface area contributed by atoms with Gasteiger partial charge < -0.3 is 9.84 Å². The van der Waals surface area contributed by atoms with Gasteiger partial charge in [0.05, 0.1) is 12.0 Å². The van der Waals surface area contributed by atoms with Crippen LogP contribution in [0.3, 0.4) is 0 Å². The van der Waals surface area contributed by atoms with Crippen LogP contribution in [0.4, 0.5) is 0 Å². The molecule has 1 N–H and O–H groups in total. The lowest BCUT2D eigenvalue weighted by Gasteiger charge is -2.23. The lowest BCUT2D eigenvalue weighted by atomic mass is 9.85. The van der Waals surface area contributed by atoms with E-state index >= 15 is 0 Å². The van der Waals surface area contributed by atoms with E-state index in [0.717, 1.165) is 12.8 Å². The van der Waals surface area contributed by atoms with E-state index in [1.807, 2.05) is 20.8 Å². The number of carbonyl (C=O) groups excluding carboxylic acids is 1. The molecular weight excluding hydrogens is 168 g/mol. The third-order valence-corrected chi connectivity index (χ3v) is 2.59. The average molecular weight is 188 g/mol. The van der Waals surface area contributed by atoms with Crippen LogP contribution in [0, 0.1) is 5.41 Å². The van der Waals surface area contributed by atoms with Crippen molar-refractivity contribution >= 4 is 5.97 Å². The summed E-state index contributed by atoms with van der Waals surface area (Å²) in [7, 11) is 0. The van der Waals surface area contributed by atoms with Crippen molar-refractivity contribution < 1.29 is 14.6 Å². The highest BCUT2D eigenvalue weighted by Crippen LogP contribution is 2.26. The summed E-state index contributed by atoms with van der Waals surface area (Å²) >= 11 is 0. The maximum absolute atomic E-state index is 11.5. The van der Waals surface area contributed by atoms with Gasteiger partial charge in [-0.3, -0.25) is 4.79 Å². The van der Waals surface area contributed by atoms with Gasteiger partial charge in [0.2, 0.25) is 0 Å². The van der Waals surface area contributed by atoms with Gasteiger partial charge in [-0.25, -0.2) is 0 Å². The van der Waals surface area contributed by atoms with Crippen molar-refractivity contribution in [3.8, 4) is 0 Å². The van der Waals surface area contributed by atoms with Crippen LogP contribution < -0.4 is 0 Å². The zero-order valence-corrected chi connectivity index (χ0v) is 8.80. The first-order valence-electron chi connectivity index (χ1n) is 4.88. The van der Waals surface area contributed by atoms with Crippen molar-refractivity contribution in [3.05, 3.63) is 0 Å². The minimum atomic E-state index is -0.352. The Morgan fingerprint density at radius 2 is 1.92 bits per heavy atom. The summed E-state index contributed by atoms with van der Waals surface area (Å²) in [6.07, 6.45) is 2.11. The molecule has 78 valence electrons. The van der Waals surface area contributed by atoms with Crippen molar-refractivity contribution in [2.75, 3.05) is 13.2 Å². The van der Waals surface area contributed by atoms with Crippen LogP contribution in [-0.4, -0.2) is 24.3 Å². The molecule has 0 aliphatic heterocycles. The summed E-state index contributed by atoms with van der Waals surface area (Å²) in [6, 6.07) is 0. The lowest BCUT2D eigenvalue weighted by molar-refractivity contribution is -0.155. The van der Waals surface area contributed by atoms with Crippen molar-refractivity contribution in [2.45, 2.75) is 40.0 Å². The molecule has 3 heteroatoms. The molecule has 13 heavy (non-hydrogen) atoms. The highest BCUT2D eigenvalue weighted by molar-refractivity contribution is 5.76. The Kier molecular flexibility index (Phi) is 5.71. The molecule has 0 aliphatic rings. The van der Waals surface area contributed by atoms with E-state index in [0.29, 0.717) is 13.0 Å². The SMILES string of the molecule is CCC(C)(CC)C(=O)OCCCO. The van der Waals surface area contributed by atoms with E-state index in [2.05, 4.69) is 0 Å². The summed E-state index contributed by atoms with van der Waals surface area (Å²) in [5, 5.41) is 8.51. The highest BCUT2D eigenvalue weighted by Gasteiger charge is 2.30. The van der Waals surface area contributed by atoms with Gasteiger partial charge in [-0.1, -0.05) is 13.8 Å². The molecule has 0 aliphatic carbocycles. The number of aliphatic hydroxyl groups excluding tert-OH is 1. The molecule has 0 atom stereocenters. The molecule has 0 bridgehead atoms. The van der Waals surface area contributed by atoms with E-state index in [-0.39, 0.29) is 18.0 Å². The van der Waals surface area contributed by atoms with Crippen molar-refractivity contribution in [3.63, 3.8) is 0 Å². The fraction of sp³-hybridized carbons (Fsp3) is 0.900. The second kappa shape index (κ2) is 5.97. The van der Waals surface area contributed by atoms with Crippen LogP contribution in [-0.2, 0) is 9.53 Å². The number of hydrogen-bond acceptors (Lipinski definition) is 3. The molecule has 0 radical (unpaired) electrons. The first-order valence-corrected chi connectivity index (χ1v) is 4.88. The van der Waals surface area contributed by atoms with Gasteiger partial charge in [-0.05, 0) is 19.8 Å². The topological polar surface area (TPSA) is 46.5 Å². The smallest absolute Gasteiger partial charge is 0.311 e. The number of esters is 1. The van der Waals surface area contributed by atoms with E-state index in [1.54, 1.807) is 0 Å².